The average molecular weight is 287 g/mol. The number of allylic oxidation sites excluding steroid dienone is 2. The first kappa shape index (κ1) is 13.4. The lowest BCUT2D eigenvalue weighted by molar-refractivity contribution is 0.192. The van der Waals surface area contributed by atoms with Crippen LogP contribution in [0.25, 0.3) is 16.6 Å². The maximum Gasteiger partial charge on any atom is 0.404 e. The summed E-state index contributed by atoms with van der Waals surface area (Å²) in [4.78, 5) is 14.8. The molecule has 2 aromatic heterocycles. The summed E-state index contributed by atoms with van der Waals surface area (Å²) in [5.74, 6) is 0.819. The van der Waals surface area contributed by atoms with Crippen molar-refractivity contribution in [1.29, 1.82) is 0 Å². The Morgan fingerprint density at radius 2 is 2.43 bits per heavy atom. The van der Waals surface area contributed by atoms with Gasteiger partial charge in [-0.3, -0.25) is 5.10 Å². The van der Waals surface area contributed by atoms with Crippen LogP contribution in [-0.2, 0) is 0 Å². The van der Waals surface area contributed by atoms with Gasteiger partial charge in [0.25, 0.3) is 0 Å². The van der Waals surface area contributed by atoms with Gasteiger partial charge in [-0.1, -0.05) is 6.08 Å². The molecular weight excluding hydrogens is 270 g/mol. The lowest BCUT2D eigenvalue weighted by Gasteiger charge is -2.21. The van der Waals surface area contributed by atoms with Gasteiger partial charge in [0.05, 0.1) is 5.39 Å². The van der Waals surface area contributed by atoms with Crippen molar-refractivity contribution < 1.29 is 9.90 Å². The molecule has 0 aromatic carbocycles. The Bertz CT molecular complexity index is 706. The minimum absolute atomic E-state index is 0.362. The Hall–Kier alpha value is -2.57. The molecule has 1 unspecified atom stereocenters. The number of nitrogens with one attached hydrogen (secondary N) is 2. The minimum Gasteiger partial charge on any atom is -0.465 e. The van der Waals surface area contributed by atoms with Crippen LogP contribution < -0.4 is 11.1 Å². The predicted molar refractivity (Wildman–Crippen MR) is 79.6 cm³/mol. The van der Waals surface area contributed by atoms with E-state index in [1.807, 2.05) is 12.3 Å². The van der Waals surface area contributed by atoms with Crippen molar-refractivity contribution in [2.24, 2.45) is 5.92 Å². The van der Waals surface area contributed by atoms with Gasteiger partial charge in [-0.15, -0.1) is 0 Å². The molecule has 0 fully saturated rings. The number of hydrogen-bond acceptors (Lipinski definition) is 4. The number of carbonyl (C=O) groups is 1. The molecule has 1 aliphatic rings. The number of nitrogen functional groups attached to an aromatic ring is 1. The van der Waals surface area contributed by atoms with E-state index in [2.05, 4.69) is 26.6 Å². The molecular formula is C14H17N5O2. The summed E-state index contributed by atoms with van der Waals surface area (Å²) >= 11 is 0. The van der Waals surface area contributed by atoms with Gasteiger partial charge >= 0.3 is 6.09 Å². The first-order chi connectivity index (χ1) is 10.1. The zero-order valence-electron chi connectivity index (χ0n) is 11.5. The number of amides is 1. The van der Waals surface area contributed by atoms with E-state index in [-0.39, 0.29) is 0 Å². The second-order valence-corrected chi connectivity index (χ2v) is 5.28. The lowest BCUT2D eigenvalue weighted by Crippen LogP contribution is -2.28. The highest BCUT2D eigenvalue weighted by Crippen LogP contribution is 2.31. The Kier molecular flexibility index (Phi) is 3.47. The molecule has 0 spiro atoms. The second kappa shape index (κ2) is 5.43. The van der Waals surface area contributed by atoms with Crippen molar-refractivity contribution in [1.82, 2.24) is 20.5 Å². The van der Waals surface area contributed by atoms with Crippen LogP contribution in [0, 0.1) is 5.92 Å². The van der Waals surface area contributed by atoms with E-state index >= 15 is 0 Å². The first-order valence-electron chi connectivity index (χ1n) is 6.89. The fourth-order valence-electron chi connectivity index (χ4n) is 2.67. The molecule has 0 saturated carbocycles. The molecule has 7 heteroatoms. The third-order valence-electron chi connectivity index (χ3n) is 3.88. The lowest BCUT2D eigenvalue weighted by atomic mass is 9.87. The van der Waals surface area contributed by atoms with Crippen LogP contribution in [0.4, 0.5) is 10.6 Å². The van der Waals surface area contributed by atoms with Gasteiger partial charge in [0.15, 0.2) is 11.5 Å². The fraction of sp³-hybridized carbons (Fsp3) is 0.357. The first-order valence-corrected chi connectivity index (χ1v) is 6.89. The predicted octanol–water partition coefficient (Wildman–Crippen LogP) is 1.99. The van der Waals surface area contributed by atoms with E-state index in [1.165, 1.54) is 5.57 Å². The summed E-state index contributed by atoms with van der Waals surface area (Å²) in [6.45, 7) is 0.505. The van der Waals surface area contributed by atoms with Gasteiger partial charge in [0.1, 0.15) is 0 Å². The standard InChI is InChI=1S/C14H17N5O2/c15-12-11-5-10(7-16-13(11)19-18-12)9-3-1-8(2-4-9)6-17-14(20)21/h3,5,7-8,17H,1-2,4,6H2,(H,20,21)(H3,15,16,18,19). The smallest absolute Gasteiger partial charge is 0.404 e. The van der Waals surface area contributed by atoms with E-state index < -0.39 is 6.09 Å². The number of pyridine rings is 1. The topological polar surface area (TPSA) is 117 Å². The molecule has 0 radical (unpaired) electrons. The molecule has 2 aromatic rings. The van der Waals surface area contributed by atoms with Gasteiger partial charge in [-0.05, 0) is 42.4 Å². The van der Waals surface area contributed by atoms with Crippen LogP contribution in [-0.4, -0.2) is 32.9 Å². The molecule has 0 saturated heterocycles. The highest BCUT2D eigenvalue weighted by atomic mass is 16.4. The Morgan fingerprint density at radius 1 is 1.57 bits per heavy atom. The Morgan fingerprint density at radius 3 is 3.14 bits per heavy atom. The Balaban J connectivity index is 1.74. The molecule has 1 amide bonds. The average Bonchev–Trinajstić information content (AvgIpc) is 2.87. The number of carboxylic acid groups (broad SMARTS) is 1. The van der Waals surface area contributed by atoms with Crippen LogP contribution in [0.1, 0.15) is 24.8 Å². The van der Waals surface area contributed by atoms with E-state index in [9.17, 15) is 4.79 Å². The maximum absolute atomic E-state index is 10.5. The number of fused-ring (bicyclic) bond motifs is 1. The second-order valence-electron chi connectivity index (χ2n) is 5.28. The third kappa shape index (κ3) is 2.81. The zero-order chi connectivity index (χ0) is 14.8. The SMILES string of the molecule is Nc1n[nH]c2ncc(C3=CCC(CNC(=O)O)CC3)cc12. The molecule has 2 heterocycles. The normalized spacial score (nSPS) is 18.5. The van der Waals surface area contributed by atoms with E-state index in [1.54, 1.807) is 0 Å². The monoisotopic (exact) mass is 287 g/mol. The van der Waals surface area contributed by atoms with E-state index in [0.717, 1.165) is 30.2 Å². The summed E-state index contributed by atoms with van der Waals surface area (Å²) in [5, 5.41) is 18.6. The number of hydrogen-bond donors (Lipinski definition) is 4. The summed E-state index contributed by atoms with van der Waals surface area (Å²) < 4.78 is 0. The number of anilines is 1. The largest absolute Gasteiger partial charge is 0.465 e. The van der Waals surface area contributed by atoms with Gasteiger partial charge in [-0.25, -0.2) is 9.78 Å². The van der Waals surface area contributed by atoms with Crippen LogP contribution in [0.3, 0.4) is 0 Å². The summed E-state index contributed by atoms with van der Waals surface area (Å²) in [5.41, 5.74) is 8.78. The van der Waals surface area contributed by atoms with Crippen molar-refractivity contribution in [3.63, 3.8) is 0 Å². The molecule has 1 atom stereocenters. The minimum atomic E-state index is -0.963. The number of aromatic amines is 1. The number of nitrogens with two attached hydrogens (primary N) is 1. The van der Waals surface area contributed by atoms with Crippen molar-refractivity contribution in [3.05, 3.63) is 23.9 Å². The molecule has 0 bridgehead atoms. The molecule has 7 nitrogen and oxygen atoms in total. The summed E-state index contributed by atoms with van der Waals surface area (Å²) in [6, 6.07) is 2.00. The van der Waals surface area contributed by atoms with Gasteiger partial charge < -0.3 is 16.2 Å². The van der Waals surface area contributed by atoms with Crippen LogP contribution in [0.15, 0.2) is 18.3 Å². The highest BCUT2D eigenvalue weighted by Gasteiger charge is 2.17. The van der Waals surface area contributed by atoms with E-state index in [4.69, 9.17) is 10.8 Å². The highest BCUT2D eigenvalue weighted by molar-refractivity contribution is 5.88. The van der Waals surface area contributed by atoms with Crippen LogP contribution >= 0.6 is 0 Å². The number of rotatable bonds is 3. The summed E-state index contributed by atoms with van der Waals surface area (Å²) in [6.07, 6.45) is 5.77. The number of H-pyrrole nitrogens is 1. The maximum atomic E-state index is 10.5. The van der Waals surface area contributed by atoms with Crippen LogP contribution in [0.2, 0.25) is 0 Å². The molecule has 3 rings (SSSR count). The molecule has 5 N–H and O–H groups in total. The Labute approximate surface area is 121 Å². The molecule has 110 valence electrons. The number of nitrogens with zero attached hydrogens (tertiary/aromatic N) is 2. The van der Waals surface area contributed by atoms with Crippen LogP contribution in [0.5, 0.6) is 0 Å². The van der Waals surface area contributed by atoms with Gasteiger partial charge in [0.2, 0.25) is 0 Å². The molecule has 0 aliphatic heterocycles. The quantitative estimate of drug-likeness (QED) is 0.688. The molecule has 1 aliphatic carbocycles. The third-order valence-corrected chi connectivity index (χ3v) is 3.88. The van der Waals surface area contributed by atoms with Crippen molar-refractivity contribution in [2.75, 3.05) is 12.3 Å². The van der Waals surface area contributed by atoms with Gasteiger partial charge in [0, 0.05) is 12.7 Å². The zero-order valence-corrected chi connectivity index (χ0v) is 11.5. The van der Waals surface area contributed by atoms with Gasteiger partial charge in [-0.2, -0.15) is 5.10 Å². The van der Waals surface area contributed by atoms with Crippen molar-refractivity contribution >= 4 is 28.5 Å². The fourth-order valence-corrected chi connectivity index (χ4v) is 2.67. The summed E-state index contributed by atoms with van der Waals surface area (Å²) in [7, 11) is 0. The van der Waals surface area contributed by atoms with Crippen molar-refractivity contribution in [3.8, 4) is 0 Å². The number of aromatic nitrogens is 3. The molecule has 21 heavy (non-hydrogen) atoms. The van der Waals surface area contributed by atoms with E-state index in [0.29, 0.717) is 23.9 Å². The van der Waals surface area contributed by atoms with Crippen molar-refractivity contribution in [2.45, 2.75) is 19.3 Å².